The van der Waals surface area contributed by atoms with Crippen LogP contribution in [0.25, 0.3) is 11.5 Å². The first-order valence-corrected chi connectivity index (χ1v) is 6.08. The van der Waals surface area contributed by atoms with Crippen molar-refractivity contribution in [3.8, 4) is 17.2 Å². The Morgan fingerprint density at radius 1 is 1.50 bits per heavy atom. The van der Waals surface area contributed by atoms with E-state index in [9.17, 15) is 4.79 Å². The number of nitrogen functional groups attached to an aromatic ring is 1. The van der Waals surface area contributed by atoms with Crippen molar-refractivity contribution in [3.63, 3.8) is 0 Å². The molecule has 0 bridgehead atoms. The molecule has 0 aliphatic heterocycles. The van der Waals surface area contributed by atoms with E-state index in [0.29, 0.717) is 22.0 Å². The number of methoxy groups -OCH3 is 1. The van der Waals surface area contributed by atoms with Crippen LogP contribution in [0.1, 0.15) is 17.5 Å². The molecule has 1 aromatic heterocycles. The summed E-state index contributed by atoms with van der Waals surface area (Å²) in [6, 6.07) is 3.06. The van der Waals surface area contributed by atoms with Crippen molar-refractivity contribution in [3.05, 3.63) is 23.0 Å². The minimum absolute atomic E-state index is 0.0896. The number of rotatable bonds is 4. The van der Waals surface area contributed by atoms with Gasteiger partial charge in [0.1, 0.15) is 5.75 Å². The van der Waals surface area contributed by atoms with E-state index in [1.807, 2.05) is 0 Å². The third kappa shape index (κ3) is 2.67. The van der Waals surface area contributed by atoms with Crippen molar-refractivity contribution in [2.75, 3.05) is 19.5 Å². The molecule has 0 amide bonds. The second-order valence-electron chi connectivity index (χ2n) is 3.72. The van der Waals surface area contributed by atoms with Gasteiger partial charge in [-0.15, -0.1) is 0 Å². The van der Waals surface area contributed by atoms with Gasteiger partial charge in [-0.2, -0.15) is 4.98 Å². The maximum Gasteiger partial charge on any atom is 0.379 e. The topological polar surface area (TPSA) is 100 Å². The number of anilines is 1. The van der Waals surface area contributed by atoms with E-state index in [-0.39, 0.29) is 18.3 Å². The molecule has 0 saturated carbocycles. The van der Waals surface area contributed by atoms with Gasteiger partial charge in [-0.1, -0.05) is 11.6 Å². The van der Waals surface area contributed by atoms with Crippen LogP contribution in [-0.2, 0) is 4.74 Å². The SMILES string of the molecule is CCOC(=O)c1noc(-c2cc(Cl)c(N)cc2OC)n1. The van der Waals surface area contributed by atoms with Gasteiger partial charge in [0.25, 0.3) is 11.7 Å². The van der Waals surface area contributed by atoms with Crippen LogP contribution in [0, 0.1) is 0 Å². The number of halogens is 1. The molecule has 0 unspecified atom stereocenters. The Labute approximate surface area is 119 Å². The highest BCUT2D eigenvalue weighted by molar-refractivity contribution is 6.33. The van der Waals surface area contributed by atoms with E-state index in [1.54, 1.807) is 6.92 Å². The highest BCUT2D eigenvalue weighted by Crippen LogP contribution is 2.35. The van der Waals surface area contributed by atoms with E-state index >= 15 is 0 Å². The van der Waals surface area contributed by atoms with Gasteiger partial charge in [-0.05, 0) is 18.1 Å². The van der Waals surface area contributed by atoms with Gasteiger partial charge in [0.15, 0.2) is 0 Å². The fraction of sp³-hybridized carbons (Fsp3) is 0.250. The molecule has 0 aliphatic rings. The molecule has 0 saturated heterocycles. The number of carbonyl (C=O) groups excluding carboxylic acids is 1. The quantitative estimate of drug-likeness (QED) is 0.681. The van der Waals surface area contributed by atoms with Crippen molar-refractivity contribution in [1.82, 2.24) is 10.1 Å². The summed E-state index contributed by atoms with van der Waals surface area (Å²) in [5.74, 6) is -0.336. The molecular formula is C12H12ClN3O4. The van der Waals surface area contributed by atoms with Crippen molar-refractivity contribution < 1.29 is 18.8 Å². The van der Waals surface area contributed by atoms with Crippen LogP contribution >= 0.6 is 11.6 Å². The number of carbonyl (C=O) groups is 1. The molecular weight excluding hydrogens is 286 g/mol. The number of hydrogen-bond donors (Lipinski definition) is 1. The van der Waals surface area contributed by atoms with Gasteiger partial charge in [0.2, 0.25) is 0 Å². The summed E-state index contributed by atoms with van der Waals surface area (Å²) >= 11 is 5.95. The number of nitrogens with two attached hydrogens (primary N) is 1. The number of ether oxygens (including phenoxy) is 2. The second kappa shape index (κ2) is 5.79. The molecule has 0 atom stereocenters. The molecule has 20 heavy (non-hydrogen) atoms. The van der Waals surface area contributed by atoms with Crippen molar-refractivity contribution >= 4 is 23.3 Å². The summed E-state index contributed by atoms with van der Waals surface area (Å²) in [7, 11) is 1.47. The van der Waals surface area contributed by atoms with Crippen LogP contribution < -0.4 is 10.5 Å². The third-order valence-corrected chi connectivity index (χ3v) is 2.76. The molecule has 2 rings (SSSR count). The zero-order chi connectivity index (χ0) is 14.7. The average molecular weight is 298 g/mol. The number of benzene rings is 1. The maximum atomic E-state index is 11.5. The van der Waals surface area contributed by atoms with E-state index < -0.39 is 5.97 Å². The Kier molecular flexibility index (Phi) is 4.09. The number of hydrogen-bond acceptors (Lipinski definition) is 7. The average Bonchev–Trinajstić information content (AvgIpc) is 2.91. The minimum Gasteiger partial charge on any atom is -0.496 e. The minimum atomic E-state index is -0.664. The van der Waals surface area contributed by atoms with E-state index in [2.05, 4.69) is 10.1 Å². The fourth-order valence-corrected chi connectivity index (χ4v) is 1.68. The highest BCUT2D eigenvalue weighted by Gasteiger charge is 2.20. The predicted octanol–water partition coefficient (Wildman–Crippen LogP) is 2.16. The predicted molar refractivity (Wildman–Crippen MR) is 71.7 cm³/mol. The summed E-state index contributed by atoms with van der Waals surface area (Å²) in [6.07, 6.45) is 0. The van der Waals surface area contributed by atoms with Crippen molar-refractivity contribution in [1.29, 1.82) is 0 Å². The van der Waals surface area contributed by atoms with Crippen LogP contribution in [0.3, 0.4) is 0 Å². The monoisotopic (exact) mass is 297 g/mol. The van der Waals surface area contributed by atoms with Gasteiger partial charge in [0, 0.05) is 6.07 Å². The Morgan fingerprint density at radius 3 is 2.90 bits per heavy atom. The molecule has 106 valence electrons. The molecule has 1 aromatic carbocycles. The third-order valence-electron chi connectivity index (χ3n) is 2.43. The largest absolute Gasteiger partial charge is 0.496 e. The molecule has 8 heteroatoms. The van der Waals surface area contributed by atoms with Gasteiger partial charge >= 0.3 is 5.97 Å². The number of nitrogens with zero attached hydrogens (tertiary/aromatic N) is 2. The van der Waals surface area contributed by atoms with Crippen LogP contribution in [-0.4, -0.2) is 29.8 Å². The molecule has 0 aliphatic carbocycles. The summed E-state index contributed by atoms with van der Waals surface area (Å²) in [4.78, 5) is 15.4. The van der Waals surface area contributed by atoms with Crippen molar-refractivity contribution in [2.24, 2.45) is 0 Å². The number of aromatic nitrogens is 2. The fourth-order valence-electron chi connectivity index (χ4n) is 1.52. The lowest BCUT2D eigenvalue weighted by molar-refractivity contribution is 0.0508. The molecule has 7 nitrogen and oxygen atoms in total. The van der Waals surface area contributed by atoms with E-state index in [1.165, 1.54) is 19.2 Å². The van der Waals surface area contributed by atoms with E-state index in [0.717, 1.165) is 0 Å². The van der Waals surface area contributed by atoms with Crippen LogP contribution in [0.2, 0.25) is 5.02 Å². The lowest BCUT2D eigenvalue weighted by Gasteiger charge is -2.07. The molecule has 0 fully saturated rings. The Bertz CT molecular complexity index is 642. The Morgan fingerprint density at radius 2 is 2.25 bits per heavy atom. The maximum absolute atomic E-state index is 11.5. The smallest absolute Gasteiger partial charge is 0.379 e. The van der Waals surface area contributed by atoms with Crippen molar-refractivity contribution in [2.45, 2.75) is 6.92 Å². The summed E-state index contributed by atoms with van der Waals surface area (Å²) in [5, 5.41) is 3.86. The zero-order valence-electron chi connectivity index (χ0n) is 10.8. The van der Waals surface area contributed by atoms with Gasteiger partial charge in [-0.3, -0.25) is 0 Å². The first-order valence-electron chi connectivity index (χ1n) is 5.71. The molecule has 0 radical (unpaired) electrons. The van der Waals surface area contributed by atoms with E-state index in [4.69, 9.17) is 31.3 Å². The summed E-state index contributed by atoms with van der Waals surface area (Å²) in [6.45, 7) is 1.90. The van der Waals surface area contributed by atoms with Gasteiger partial charge in [0.05, 0.1) is 30.0 Å². The molecule has 1 heterocycles. The number of esters is 1. The molecule has 0 spiro atoms. The Hall–Kier alpha value is -2.28. The lowest BCUT2D eigenvalue weighted by atomic mass is 10.2. The lowest BCUT2D eigenvalue weighted by Crippen LogP contribution is -2.06. The van der Waals surface area contributed by atoms with Crippen LogP contribution in [0.15, 0.2) is 16.7 Å². The molecule has 2 N–H and O–H groups in total. The first-order chi connectivity index (χ1) is 9.56. The van der Waals surface area contributed by atoms with Crippen LogP contribution in [0.5, 0.6) is 5.75 Å². The summed E-state index contributed by atoms with van der Waals surface area (Å²) < 4.78 is 15.0. The standard InChI is InChI=1S/C12H12ClN3O4/c1-3-19-12(17)10-15-11(20-16-10)6-4-7(13)8(14)5-9(6)18-2/h4-5H,3,14H2,1-2H3. The Balaban J connectivity index is 2.42. The van der Waals surface area contributed by atoms with Gasteiger partial charge in [-0.25, -0.2) is 4.79 Å². The normalized spacial score (nSPS) is 10.3. The summed E-state index contributed by atoms with van der Waals surface area (Å²) in [5.41, 5.74) is 6.48. The van der Waals surface area contributed by atoms with Gasteiger partial charge < -0.3 is 19.7 Å². The first kappa shape index (κ1) is 14.1. The molecule has 2 aromatic rings. The van der Waals surface area contributed by atoms with Crippen LogP contribution in [0.4, 0.5) is 5.69 Å². The zero-order valence-corrected chi connectivity index (χ0v) is 11.6. The highest BCUT2D eigenvalue weighted by atomic mass is 35.5. The second-order valence-corrected chi connectivity index (χ2v) is 4.12.